The molecule has 1 N–H and O–H groups in total. The highest BCUT2D eigenvalue weighted by molar-refractivity contribution is 7.99. The molecule has 0 saturated heterocycles. The van der Waals surface area contributed by atoms with E-state index in [2.05, 4.69) is 48.4 Å². The van der Waals surface area contributed by atoms with Crippen molar-refractivity contribution in [3.05, 3.63) is 55.0 Å². The molecule has 1 aromatic carbocycles. The van der Waals surface area contributed by atoms with Crippen LogP contribution in [0.4, 0.5) is 11.5 Å². The van der Waals surface area contributed by atoms with Gasteiger partial charge in [-0.25, -0.2) is 24.9 Å². The summed E-state index contributed by atoms with van der Waals surface area (Å²) in [6.07, 6.45) is 8.46. The maximum absolute atomic E-state index is 4.35. The van der Waals surface area contributed by atoms with Crippen molar-refractivity contribution in [2.24, 2.45) is 0 Å². The highest BCUT2D eigenvalue weighted by Crippen LogP contribution is 2.42. The van der Waals surface area contributed by atoms with E-state index >= 15 is 0 Å². The summed E-state index contributed by atoms with van der Waals surface area (Å²) in [7, 11) is 0. The summed E-state index contributed by atoms with van der Waals surface area (Å²) >= 11 is 1.63. The normalized spacial score (nSPS) is 12.5. The Morgan fingerprint density at radius 1 is 1.08 bits per heavy atom. The SMILES string of the molecule is c1cnc2c(n1)Nc1cc(Cn3cnc4cncnc43)ccc1S2. The number of anilines is 2. The number of nitrogens with one attached hydrogen (secondary N) is 1. The standard InChI is InChI=1S/C16H11N7S/c1-2-13-11(22-14-16(24-13)19-4-3-18-14)5-10(1)7-23-9-21-12-6-17-8-20-15(12)23/h1-6,8-9H,7H2,(H,18,22). The van der Waals surface area contributed by atoms with Crippen LogP contribution in [0.3, 0.4) is 0 Å². The van der Waals surface area contributed by atoms with Crippen LogP contribution in [0, 0.1) is 0 Å². The second-order valence-electron chi connectivity index (χ2n) is 5.37. The molecule has 0 aliphatic carbocycles. The summed E-state index contributed by atoms with van der Waals surface area (Å²) in [5.41, 5.74) is 3.84. The number of fused-ring (bicyclic) bond motifs is 3. The number of hydrogen-bond donors (Lipinski definition) is 1. The molecule has 7 nitrogen and oxygen atoms in total. The summed E-state index contributed by atoms with van der Waals surface area (Å²) in [5.74, 6) is 0.799. The average Bonchev–Trinajstić information content (AvgIpc) is 3.03. The molecule has 0 amide bonds. The third-order valence-corrected chi connectivity index (χ3v) is 4.87. The molecule has 24 heavy (non-hydrogen) atoms. The second-order valence-corrected chi connectivity index (χ2v) is 6.40. The lowest BCUT2D eigenvalue weighted by Crippen LogP contribution is -2.05. The lowest BCUT2D eigenvalue weighted by atomic mass is 10.2. The molecule has 0 fully saturated rings. The van der Waals surface area contributed by atoms with Gasteiger partial charge in [-0.2, -0.15) is 0 Å². The van der Waals surface area contributed by atoms with E-state index in [4.69, 9.17) is 0 Å². The first-order valence-corrected chi connectivity index (χ1v) is 8.18. The van der Waals surface area contributed by atoms with Gasteiger partial charge in [0.05, 0.1) is 24.8 Å². The van der Waals surface area contributed by atoms with Crippen molar-refractivity contribution in [2.45, 2.75) is 16.5 Å². The van der Waals surface area contributed by atoms with E-state index in [1.807, 2.05) is 4.57 Å². The topological polar surface area (TPSA) is 81.4 Å². The van der Waals surface area contributed by atoms with Crippen molar-refractivity contribution in [1.82, 2.24) is 29.5 Å². The molecule has 1 aliphatic heterocycles. The Morgan fingerprint density at radius 3 is 3.04 bits per heavy atom. The zero-order valence-corrected chi connectivity index (χ0v) is 13.2. The van der Waals surface area contributed by atoms with Crippen LogP contribution < -0.4 is 5.32 Å². The molecule has 0 atom stereocenters. The minimum Gasteiger partial charge on any atom is -0.337 e. The van der Waals surface area contributed by atoms with Gasteiger partial charge < -0.3 is 9.88 Å². The van der Waals surface area contributed by atoms with E-state index < -0.39 is 0 Å². The van der Waals surface area contributed by atoms with Crippen molar-refractivity contribution >= 4 is 34.4 Å². The van der Waals surface area contributed by atoms with Gasteiger partial charge in [-0.05, 0) is 17.7 Å². The Morgan fingerprint density at radius 2 is 2.04 bits per heavy atom. The minimum absolute atomic E-state index is 0.695. The number of benzene rings is 1. The predicted molar refractivity (Wildman–Crippen MR) is 90.3 cm³/mol. The number of nitrogens with zero attached hydrogens (tertiary/aromatic N) is 6. The largest absolute Gasteiger partial charge is 0.337 e. The van der Waals surface area contributed by atoms with Gasteiger partial charge in [-0.15, -0.1) is 0 Å². The summed E-state index contributed by atoms with van der Waals surface area (Å²) in [6, 6.07) is 6.35. The molecule has 0 saturated carbocycles. The minimum atomic E-state index is 0.695. The lowest BCUT2D eigenvalue weighted by molar-refractivity contribution is 0.812. The molecule has 116 valence electrons. The molecule has 1 aliphatic rings. The molecular weight excluding hydrogens is 322 g/mol. The van der Waals surface area contributed by atoms with E-state index in [0.717, 1.165) is 38.2 Å². The van der Waals surface area contributed by atoms with Gasteiger partial charge in [0.2, 0.25) is 0 Å². The van der Waals surface area contributed by atoms with Crippen LogP contribution in [-0.2, 0) is 6.54 Å². The van der Waals surface area contributed by atoms with Crippen LogP contribution in [0.1, 0.15) is 5.56 Å². The Bertz CT molecular complexity index is 1060. The summed E-state index contributed by atoms with van der Waals surface area (Å²) in [5, 5.41) is 4.25. The second kappa shape index (κ2) is 5.27. The Labute approximate surface area is 141 Å². The number of imidazole rings is 1. The van der Waals surface area contributed by atoms with Gasteiger partial charge in [0.25, 0.3) is 0 Å². The number of rotatable bonds is 2. The first kappa shape index (κ1) is 13.4. The predicted octanol–water partition coefficient (Wildman–Crippen LogP) is 2.87. The highest BCUT2D eigenvalue weighted by Gasteiger charge is 2.18. The van der Waals surface area contributed by atoms with Crippen LogP contribution in [0.2, 0.25) is 0 Å². The van der Waals surface area contributed by atoms with Gasteiger partial charge in [0.15, 0.2) is 11.5 Å². The molecule has 0 bridgehead atoms. The monoisotopic (exact) mass is 333 g/mol. The van der Waals surface area contributed by atoms with E-state index in [0.29, 0.717) is 6.54 Å². The summed E-state index contributed by atoms with van der Waals surface area (Å²) < 4.78 is 2.02. The molecular formula is C16H11N7S. The highest BCUT2D eigenvalue weighted by atomic mass is 32.2. The molecule has 3 aromatic heterocycles. The quantitative estimate of drug-likeness (QED) is 0.532. The zero-order chi connectivity index (χ0) is 15.9. The van der Waals surface area contributed by atoms with Crippen LogP contribution in [-0.4, -0.2) is 29.5 Å². The molecule has 8 heteroatoms. The van der Waals surface area contributed by atoms with Crippen molar-refractivity contribution < 1.29 is 0 Å². The van der Waals surface area contributed by atoms with Crippen molar-refractivity contribution in [3.8, 4) is 0 Å². The molecule has 0 radical (unpaired) electrons. The Hall–Kier alpha value is -3.00. The smallest absolute Gasteiger partial charge is 0.163 e. The van der Waals surface area contributed by atoms with E-state index in [1.54, 1.807) is 43.0 Å². The summed E-state index contributed by atoms with van der Waals surface area (Å²) in [6.45, 7) is 0.695. The Kier molecular flexibility index (Phi) is 2.95. The third kappa shape index (κ3) is 2.19. The first-order valence-electron chi connectivity index (χ1n) is 7.36. The van der Waals surface area contributed by atoms with Crippen LogP contribution in [0.15, 0.2) is 59.4 Å². The van der Waals surface area contributed by atoms with Gasteiger partial charge in [-0.1, -0.05) is 17.8 Å². The number of hydrogen-bond acceptors (Lipinski definition) is 7. The van der Waals surface area contributed by atoms with Crippen LogP contribution in [0.25, 0.3) is 11.2 Å². The molecule has 0 unspecified atom stereocenters. The average molecular weight is 333 g/mol. The van der Waals surface area contributed by atoms with E-state index in [-0.39, 0.29) is 0 Å². The van der Waals surface area contributed by atoms with Gasteiger partial charge >= 0.3 is 0 Å². The van der Waals surface area contributed by atoms with Gasteiger partial charge in [-0.3, -0.25) is 0 Å². The zero-order valence-electron chi connectivity index (χ0n) is 12.4. The van der Waals surface area contributed by atoms with Gasteiger partial charge in [0.1, 0.15) is 16.9 Å². The molecule has 4 aromatic rings. The van der Waals surface area contributed by atoms with Crippen molar-refractivity contribution in [3.63, 3.8) is 0 Å². The Balaban J connectivity index is 1.49. The fourth-order valence-corrected chi connectivity index (χ4v) is 3.59. The maximum atomic E-state index is 4.35. The van der Waals surface area contributed by atoms with Crippen molar-refractivity contribution in [2.75, 3.05) is 5.32 Å². The fourth-order valence-electron chi connectivity index (χ4n) is 2.71. The van der Waals surface area contributed by atoms with Crippen LogP contribution in [0.5, 0.6) is 0 Å². The van der Waals surface area contributed by atoms with E-state index in [1.165, 1.54) is 0 Å². The molecule has 5 rings (SSSR count). The molecule has 4 heterocycles. The lowest BCUT2D eigenvalue weighted by Gasteiger charge is -2.19. The van der Waals surface area contributed by atoms with Crippen LogP contribution >= 0.6 is 11.8 Å². The number of aromatic nitrogens is 6. The fraction of sp³-hybridized carbons (Fsp3) is 0.0625. The third-order valence-electron chi connectivity index (χ3n) is 3.80. The summed E-state index contributed by atoms with van der Waals surface area (Å²) in [4.78, 5) is 22.5. The maximum Gasteiger partial charge on any atom is 0.163 e. The van der Waals surface area contributed by atoms with E-state index in [9.17, 15) is 0 Å². The van der Waals surface area contributed by atoms with Crippen molar-refractivity contribution in [1.29, 1.82) is 0 Å². The van der Waals surface area contributed by atoms with Gasteiger partial charge in [0, 0.05) is 17.3 Å². The first-order chi connectivity index (χ1) is 11.9. The molecule has 0 spiro atoms.